The maximum atomic E-state index is 12.4. The minimum absolute atomic E-state index is 0.0708. The van der Waals surface area contributed by atoms with Crippen LogP contribution in [-0.4, -0.2) is 20.9 Å². The lowest BCUT2D eigenvalue weighted by atomic mass is 9.96. The number of ether oxygens (including phenoxy) is 1. The lowest BCUT2D eigenvalue weighted by molar-refractivity contribution is 0.0526. The summed E-state index contributed by atoms with van der Waals surface area (Å²) in [6, 6.07) is 20.7. The van der Waals surface area contributed by atoms with Gasteiger partial charge in [0.1, 0.15) is 0 Å². The van der Waals surface area contributed by atoms with Crippen LogP contribution < -0.4 is 0 Å². The Labute approximate surface area is 205 Å². The molecule has 33 heavy (non-hydrogen) atoms. The van der Waals surface area contributed by atoms with E-state index < -0.39 is 8.32 Å². The first kappa shape index (κ1) is 25.5. The summed E-state index contributed by atoms with van der Waals surface area (Å²) in [5, 5.41) is 2.50. The Morgan fingerprint density at radius 3 is 2.36 bits per heavy atom. The monoisotopic (exact) mass is 480 g/mol. The number of esters is 1. The highest BCUT2D eigenvalue weighted by atomic mass is 32.1. The zero-order valence-electron chi connectivity index (χ0n) is 20.6. The van der Waals surface area contributed by atoms with Crippen molar-refractivity contribution in [2.75, 3.05) is 6.61 Å². The van der Waals surface area contributed by atoms with Gasteiger partial charge >= 0.3 is 5.97 Å². The normalized spacial score (nSPS) is 13.2. The summed E-state index contributed by atoms with van der Waals surface area (Å²) in [7, 11) is -1.91. The van der Waals surface area contributed by atoms with Gasteiger partial charge in [-0.25, -0.2) is 4.79 Å². The number of carbonyl (C=O) groups excluding carboxylic acids is 1. The van der Waals surface area contributed by atoms with Crippen molar-refractivity contribution in [2.24, 2.45) is 0 Å². The van der Waals surface area contributed by atoms with Crippen molar-refractivity contribution in [1.29, 1.82) is 0 Å². The van der Waals surface area contributed by atoms with E-state index in [2.05, 4.69) is 76.3 Å². The van der Waals surface area contributed by atoms with Gasteiger partial charge in [0.2, 0.25) is 0 Å². The molecule has 0 saturated heterocycles. The summed E-state index contributed by atoms with van der Waals surface area (Å²) in [6.45, 7) is 13.9. The van der Waals surface area contributed by atoms with E-state index in [1.54, 1.807) is 0 Å². The number of hydrogen-bond acceptors (Lipinski definition) is 4. The third kappa shape index (κ3) is 6.28. The topological polar surface area (TPSA) is 35.5 Å². The Bertz CT molecular complexity index is 1120. The molecule has 3 rings (SSSR count). The number of thiol groups is 1. The molecule has 0 radical (unpaired) electrons. The molecule has 0 aliphatic heterocycles. The third-order valence-electron chi connectivity index (χ3n) is 6.65. The van der Waals surface area contributed by atoms with Gasteiger partial charge in [-0.3, -0.25) is 0 Å². The standard InChI is InChI=1S/C28H36O3SSi/c1-7-30-27(29)23-14-15-24(19-31-33(5,6)28(2,3)4)25(18-23)26(32)17-20-12-13-21-10-8-9-11-22(21)16-20/h8-16,18,26,32H,7,17,19H2,1-6H3. The molecule has 0 aliphatic carbocycles. The summed E-state index contributed by atoms with van der Waals surface area (Å²) < 4.78 is 11.8. The van der Waals surface area contributed by atoms with E-state index in [9.17, 15) is 4.79 Å². The first-order valence-electron chi connectivity index (χ1n) is 11.6. The molecule has 0 aliphatic rings. The quantitative estimate of drug-likeness (QED) is 0.203. The molecule has 0 saturated carbocycles. The van der Waals surface area contributed by atoms with Crippen LogP contribution in [0.2, 0.25) is 18.1 Å². The molecular weight excluding hydrogens is 444 g/mol. The Hall–Kier alpha value is -2.08. The van der Waals surface area contributed by atoms with E-state index in [-0.39, 0.29) is 16.3 Å². The van der Waals surface area contributed by atoms with Gasteiger partial charge in [-0.05, 0) is 71.1 Å². The zero-order valence-corrected chi connectivity index (χ0v) is 22.5. The van der Waals surface area contributed by atoms with Gasteiger partial charge in [0.15, 0.2) is 8.32 Å². The number of fused-ring (bicyclic) bond motifs is 1. The second-order valence-electron chi connectivity index (χ2n) is 10.1. The van der Waals surface area contributed by atoms with Crippen LogP contribution in [0.3, 0.4) is 0 Å². The number of hydrogen-bond donors (Lipinski definition) is 1. The second-order valence-corrected chi connectivity index (χ2v) is 15.5. The van der Waals surface area contributed by atoms with E-state index in [0.717, 1.165) is 17.5 Å². The van der Waals surface area contributed by atoms with Gasteiger partial charge in [-0.1, -0.05) is 69.3 Å². The molecule has 0 fully saturated rings. The number of carbonyl (C=O) groups is 1. The largest absolute Gasteiger partial charge is 0.462 e. The molecule has 3 aromatic carbocycles. The fourth-order valence-electron chi connectivity index (χ4n) is 3.55. The number of benzene rings is 3. The Morgan fingerprint density at radius 2 is 1.70 bits per heavy atom. The lowest BCUT2D eigenvalue weighted by Gasteiger charge is -2.36. The molecule has 176 valence electrons. The highest BCUT2D eigenvalue weighted by Crippen LogP contribution is 2.38. The average molecular weight is 481 g/mol. The van der Waals surface area contributed by atoms with Crippen LogP contribution in [-0.2, 0) is 22.2 Å². The van der Waals surface area contributed by atoms with Crippen LogP contribution in [0.15, 0.2) is 60.7 Å². The third-order valence-corrected chi connectivity index (χ3v) is 11.6. The molecule has 1 unspecified atom stereocenters. The summed E-state index contributed by atoms with van der Waals surface area (Å²) in [6.07, 6.45) is 0.757. The van der Waals surface area contributed by atoms with E-state index in [1.807, 2.05) is 25.1 Å². The Balaban J connectivity index is 1.91. The molecular formula is C28H36O3SSi. The molecule has 0 spiro atoms. The van der Waals surface area contributed by atoms with Crippen molar-refractivity contribution in [3.05, 3.63) is 82.9 Å². The first-order valence-corrected chi connectivity index (χ1v) is 15.0. The van der Waals surface area contributed by atoms with Crippen molar-refractivity contribution in [1.82, 2.24) is 0 Å². The molecule has 0 heterocycles. The van der Waals surface area contributed by atoms with E-state index in [1.165, 1.54) is 16.3 Å². The average Bonchev–Trinajstić information content (AvgIpc) is 2.77. The minimum Gasteiger partial charge on any atom is -0.462 e. The molecule has 1 atom stereocenters. The molecule has 0 amide bonds. The predicted octanol–water partition coefficient (Wildman–Crippen LogP) is 7.75. The maximum absolute atomic E-state index is 12.4. The van der Waals surface area contributed by atoms with E-state index in [0.29, 0.717) is 18.8 Å². The van der Waals surface area contributed by atoms with E-state index in [4.69, 9.17) is 21.8 Å². The lowest BCUT2D eigenvalue weighted by Crippen LogP contribution is -2.40. The highest BCUT2D eigenvalue weighted by molar-refractivity contribution is 7.80. The van der Waals surface area contributed by atoms with Gasteiger partial charge in [0, 0.05) is 5.25 Å². The van der Waals surface area contributed by atoms with Gasteiger partial charge in [-0.2, -0.15) is 12.6 Å². The SMILES string of the molecule is CCOC(=O)c1ccc(CO[Si](C)(C)C(C)(C)C)c(C(S)Cc2ccc3ccccc3c2)c1. The highest BCUT2D eigenvalue weighted by Gasteiger charge is 2.37. The van der Waals surface area contributed by atoms with Crippen molar-refractivity contribution < 1.29 is 14.0 Å². The molecule has 0 bridgehead atoms. The first-order chi connectivity index (χ1) is 15.5. The van der Waals surface area contributed by atoms with Gasteiger partial charge in [0.05, 0.1) is 18.8 Å². The van der Waals surface area contributed by atoms with Crippen molar-refractivity contribution in [3.8, 4) is 0 Å². The Kier molecular flexibility index (Phi) is 8.09. The maximum Gasteiger partial charge on any atom is 0.338 e. The molecule has 3 nitrogen and oxygen atoms in total. The molecule has 0 aromatic heterocycles. The van der Waals surface area contributed by atoms with Crippen LogP contribution in [0.4, 0.5) is 0 Å². The predicted molar refractivity (Wildman–Crippen MR) is 144 cm³/mol. The van der Waals surface area contributed by atoms with Crippen LogP contribution in [0.25, 0.3) is 10.8 Å². The van der Waals surface area contributed by atoms with Crippen LogP contribution in [0, 0.1) is 0 Å². The van der Waals surface area contributed by atoms with Gasteiger partial charge in [0.25, 0.3) is 0 Å². The minimum atomic E-state index is -1.91. The zero-order chi connectivity index (χ0) is 24.2. The summed E-state index contributed by atoms with van der Waals surface area (Å²) in [4.78, 5) is 12.4. The summed E-state index contributed by atoms with van der Waals surface area (Å²) in [5.74, 6) is -0.304. The van der Waals surface area contributed by atoms with E-state index >= 15 is 0 Å². The van der Waals surface area contributed by atoms with Crippen LogP contribution in [0.5, 0.6) is 0 Å². The van der Waals surface area contributed by atoms with Crippen molar-refractivity contribution in [3.63, 3.8) is 0 Å². The Morgan fingerprint density at radius 1 is 1.00 bits per heavy atom. The van der Waals surface area contributed by atoms with Crippen molar-refractivity contribution in [2.45, 2.75) is 64.1 Å². The van der Waals surface area contributed by atoms with Crippen molar-refractivity contribution >= 4 is 37.7 Å². The smallest absolute Gasteiger partial charge is 0.338 e. The van der Waals surface area contributed by atoms with Gasteiger partial charge in [-0.15, -0.1) is 0 Å². The van der Waals surface area contributed by atoms with Crippen LogP contribution >= 0.6 is 12.6 Å². The fourth-order valence-corrected chi connectivity index (χ4v) is 4.95. The fraction of sp³-hybridized carbons (Fsp3) is 0.393. The molecule has 0 N–H and O–H groups in total. The molecule has 3 aromatic rings. The summed E-state index contributed by atoms with van der Waals surface area (Å²) in [5.41, 5.74) is 3.87. The van der Waals surface area contributed by atoms with Crippen LogP contribution in [0.1, 0.15) is 60.0 Å². The summed E-state index contributed by atoms with van der Waals surface area (Å²) >= 11 is 4.99. The molecule has 5 heteroatoms. The van der Waals surface area contributed by atoms with Gasteiger partial charge < -0.3 is 9.16 Å². The number of rotatable bonds is 8. The second kappa shape index (κ2) is 10.5.